The quantitative estimate of drug-likeness (QED) is 0.914. The van der Waals surface area contributed by atoms with Crippen molar-refractivity contribution in [3.8, 4) is 11.5 Å². The summed E-state index contributed by atoms with van der Waals surface area (Å²) in [5.74, 6) is 2.11. The van der Waals surface area contributed by atoms with Crippen LogP contribution in [0.3, 0.4) is 0 Å². The average molecular weight is 272 g/mol. The van der Waals surface area contributed by atoms with Gasteiger partial charge < -0.3 is 19.4 Å². The summed E-state index contributed by atoms with van der Waals surface area (Å²) >= 11 is 0. The molecule has 1 aliphatic heterocycles. The van der Waals surface area contributed by atoms with Gasteiger partial charge in [-0.3, -0.25) is 0 Å². The highest BCUT2D eigenvalue weighted by molar-refractivity contribution is 5.85. The molecule has 7 heteroatoms. The number of hydrogen-bond acceptors (Lipinski definition) is 6. The largest absolute Gasteiger partial charge is 0.467 e. The molecule has 1 saturated heterocycles. The topological polar surface area (TPSA) is 87.3 Å². The van der Waals surface area contributed by atoms with Crippen molar-refractivity contribution in [2.45, 2.75) is 18.9 Å². The predicted octanol–water partition coefficient (Wildman–Crippen LogP) is 1.71. The van der Waals surface area contributed by atoms with Gasteiger partial charge in [-0.15, -0.1) is 12.4 Å². The van der Waals surface area contributed by atoms with Crippen LogP contribution in [0.4, 0.5) is 0 Å². The normalized spacial score (nSPS) is 18.8. The molecular weight excluding hydrogens is 258 g/mol. The van der Waals surface area contributed by atoms with Crippen LogP contribution in [0.5, 0.6) is 0 Å². The van der Waals surface area contributed by atoms with Crippen molar-refractivity contribution in [1.82, 2.24) is 10.1 Å². The van der Waals surface area contributed by atoms with Gasteiger partial charge in [0.05, 0.1) is 18.7 Å². The lowest BCUT2D eigenvalue weighted by molar-refractivity contribution is 0.192. The number of rotatable bonds is 3. The highest BCUT2D eigenvalue weighted by atomic mass is 35.5. The van der Waals surface area contributed by atoms with Gasteiger partial charge in [-0.25, -0.2) is 0 Å². The molecule has 0 aromatic carbocycles. The van der Waals surface area contributed by atoms with Gasteiger partial charge in [0, 0.05) is 12.5 Å². The second-order valence-electron chi connectivity index (χ2n) is 4.02. The minimum Gasteiger partial charge on any atom is -0.467 e. The summed E-state index contributed by atoms with van der Waals surface area (Å²) in [7, 11) is 0. The van der Waals surface area contributed by atoms with Crippen LogP contribution in [0.2, 0.25) is 0 Å². The number of nitrogens with two attached hydrogens (primary N) is 1. The highest BCUT2D eigenvalue weighted by Gasteiger charge is 2.23. The highest BCUT2D eigenvalue weighted by Crippen LogP contribution is 2.26. The third-order valence-electron chi connectivity index (χ3n) is 2.84. The summed E-state index contributed by atoms with van der Waals surface area (Å²) in [5, 5.41) is 3.97. The molecule has 0 spiro atoms. The van der Waals surface area contributed by atoms with Crippen LogP contribution in [-0.2, 0) is 11.3 Å². The Hall–Kier alpha value is -1.37. The lowest BCUT2D eigenvalue weighted by atomic mass is 10.1. The van der Waals surface area contributed by atoms with Gasteiger partial charge in [-0.05, 0) is 12.5 Å². The maximum Gasteiger partial charge on any atom is 0.261 e. The van der Waals surface area contributed by atoms with E-state index in [2.05, 4.69) is 10.1 Å². The summed E-state index contributed by atoms with van der Waals surface area (Å²) < 4.78 is 15.7. The first-order chi connectivity index (χ1) is 8.36. The van der Waals surface area contributed by atoms with Crippen molar-refractivity contribution < 1.29 is 13.7 Å². The number of aromatic nitrogens is 2. The standard InChI is InChI=1S/C11H13N3O3.ClH/c12-4-9-3-8(6-16-9)11-13-10(14-17-11)7-1-2-15-5-7;/h3,6-7H,1-2,4-5,12H2;1H. The Balaban J connectivity index is 0.00000120. The van der Waals surface area contributed by atoms with E-state index in [1.165, 1.54) is 0 Å². The van der Waals surface area contributed by atoms with E-state index in [0.29, 0.717) is 30.6 Å². The van der Waals surface area contributed by atoms with Gasteiger partial charge in [0.25, 0.3) is 5.89 Å². The fourth-order valence-electron chi connectivity index (χ4n) is 1.86. The van der Waals surface area contributed by atoms with Crippen LogP contribution < -0.4 is 5.73 Å². The molecule has 1 aliphatic rings. The Morgan fingerprint density at radius 1 is 1.44 bits per heavy atom. The molecule has 0 saturated carbocycles. The summed E-state index contributed by atoms with van der Waals surface area (Å²) in [6.45, 7) is 1.79. The van der Waals surface area contributed by atoms with Crippen LogP contribution in [0, 0.1) is 0 Å². The fourth-order valence-corrected chi connectivity index (χ4v) is 1.86. The lowest BCUT2D eigenvalue weighted by Gasteiger charge is -1.97. The minimum atomic E-state index is 0. The van der Waals surface area contributed by atoms with Gasteiger partial charge in [0.2, 0.25) is 0 Å². The van der Waals surface area contributed by atoms with Crippen LogP contribution >= 0.6 is 12.4 Å². The van der Waals surface area contributed by atoms with Crippen molar-refractivity contribution in [3.05, 3.63) is 23.9 Å². The van der Waals surface area contributed by atoms with E-state index < -0.39 is 0 Å². The number of furan rings is 1. The first-order valence-corrected chi connectivity index (χ1v) is 5.56. The SMILES string of the molecule is Cl.NCc1cc(-c2nc(C3CCOC3)no2)co1. The Bertz CT molecular complexity index is 505. The smallest absolute Gasteiger partial charge is 0.261 e. The molecule has 0 radical (unpaired) electrons. The first kappa shape index (κ1) is 13.1. The lowest BCUT2D eigenvalue weighted by Crippen LogP contribution is -1.99. The van der Waals surface area contributed by atoms with E-state index in [1.54, 1.807) is 6.26 Å². The zero-order valence-electron chi connectivity index (χ0n) is 9.67. The molecule has 1 atom stereocenters. The summed E-state index contributed by atoms with van der Waals surface area (Å²) in [4.78, 5) is 4.35. The average Bonchev–Trinajstić information content (AvgIpc) is 3.09. The molecule has 1 unspecified atom stereocenters. The van der Waals surface area contributed by atoms with Gasteiger partial charge >= 0.3 is 0 Å². The van der Waals surface area contributed by atoms with Crippen LogP contribution in [0.1, 0.15) is 23.9 Å². The molecule has 2 aromatic heterocycles. The Morgan fingerprint density at radius 3 is 3.00 bits per heavy atom. The van der Waals surface area contributed by atoms with Crippen LogP contribution in [-0.4, -0.2) is 23.4 Å². The Labute approximate surface area is 110 Å². The van der Waals surface area contributed by atoms with Gasteiger partial charge in [0.15, 0.2) is 5.82 Å². The molecule has 0 aliphatic carbocycles. The van der Waals surface area contributed by atoms with Crippen molar-refractivity contribution in [1.29, 1.82) is 0 Å². The van der Waals surface area contributed by atoms with E-state index in [9.17, 15) is 0 Å². The maximum atomic E-state index is 5.47. The molecule has 6 nitrogen and oxygen atoms in total. The van der Waals surface area contributed by atoms with Crippen molar-refractivity contribution >= 4 is 12.4 Å². The molecule has 3 rings (SSSR count). The molecular formula is C11H14ClN3O3. The van der Waals surface area contributed by atoms with E-state index in [4.69, 9.17) is 19.4 Å². The van der Waals surface area contributed by atoms with Crippen LogP contribution in [0.25, 0.3) is 11.5 Å². The van der Waals surface area contributed by atoms with Crippen LogP contribution in [0.15, 0.2) is 21.3 Å². The monoisotopic (exact) mass is 271 g/mol. The molecule has 0 bridgehead atoms. The van der Waals surface area contributed by atoms with Gasteiger partial charge in [0.1, 0.15) is 12.0 Å². The molecule has 18 heavy (non-hydrogen) atoms. The molecule has 1 fully saturated rings. The van der Waals surface area contributed by atoms with E-state index in [0.717, 1.165) is 18.6 Å². The molecule has 2 N–H and O–H groups in total. The number of nitrogens with zero attached hydrogens (tertiary/aromatic N) is 2. The summed E-state index contributed by atoms with van der Waals surface area (Å²) in [5.41, 5.74) is 6.24. The van der Waals surface area contributed by atoms with E-state index >= 15 is 0 Å². The number of hydrogen-bond donors (Lipinski definition) is 1. The zero-order chi connectivity index (χ0) is 11.7. The molecule has 0 amide bonds. The van der Waals surface area contributed by atoms with E-state index in [-0.39, 0.29) is 18.3 Å². The second kappa shape index (κ2) is 5.51. The second-order valence-corrected chi connectivity index (χ2v) is 4.02. The maximum absolute atomic E-state index is 5.47. The van der Waals surface area contributed by atoms with Crippen molar-refractivity contribution in [2.24, 2.45) is 5.73 Å². The van der Waals surface area contributed by atoms with E-state index in [1.807, 2.05) is 6.07 Å². The Morgan fingerprint density at radius 2 is 2.33 bits per heavy atom. The third-order valence-corrected chi connectivity index (χ3v) is 2.84. The third kappa shape index (κ3) is 2.40. The Kier molecular flexibility index (Phi) is 4.00. The number of halogens is 1. The molecule has 3 heterocycles. The minimum absolute atomic E-state index is 0. The van der Waals surface area contributed by atoms with Crippen molar-refractivity contribution in [2.75, 3.05) is 13.2 Å². The van der Waals surface area contributed by atoms with Gasteiger partial charge in [-0.1, -0.05) is 5.16 Å². The fraction of sp³-hybridized carbons (Fsp3) is 0.455. The first-order valence-electron chi connectivity index (χ1n) is 5.56. The van der Waals surface area contributed by atoms with Gasteiger partial charge in [-0.2, -0.15) is 4.98 Å². The predicted molar refractivity (Wildman–Crippen MR) is 65.3 cm³/mol. The zero-order valence-corrected chi connectivity index (χ0v) is 10.5. The number of ether oxygens (including phenoxy) is 1. The van der Waals surface area contributed by atoms with Crippen molar-refractivity contribution in [3.63, 3.8) is 0 Å². The summed E-state index contributed by atoms with van der Waals surface area (Å²) in [6.07, 6.45) is 2.52. The molecule has 98 valence electrons. The summed E-state index contributed by atoms with van der Waals surface area (Å²) in [6, 6.07) is 1.81. The molecule has 2 aromatic rings.